The number of rotatable bonds is 7. The van der Waals surface area contributed by atoms with E-state index < -0.39 is 0 Å². The number of para-hydroxylation sites is 1. The minimum Gasteiger partial charge on any atom is -0.355 e. The summed E-state index contributed by atoms with van der Waals surface area (Å²) in [4.78, 5) is 0. The molecule has 1 aromatic heterocycles. The highest BCUT2D eigenvalue weighted by atomic mass is 15.0. The van der Waals surface area contributed by atoms with E-state index in [1.807, 2.05) is 0 Å². The summed E-state index contributed by atoms with van der Waals surface area (Å²) < 4.78 is 2.57. The number of benzene rings is 6. The van der Waals surface area contributed by atoms with Crippen molar-refractivity contribution in [3.05, 3.63) is 137 Å². The van der Waals surface area contributed by atoms with Gasteiger partial charge in [0, 0.05) is 44.3 Å². The number of anilines is 2. The quantitative estimate of drug-likeness (QED) is 0.131. The van der Waals surface area contributed by atoms with Crippen molar-refractivity contribution >= 4 is 51.4 Å². The predicted molar refractivity (Wildman–Crippen MR) is 227 cm³/mol. The Morgan fingerprint density at radius 3 is 2.29 bits per heavy atom. The van der Waals surface area contributed by atoms with Gasteiger partial charge in [-0.05, 0) is 112 Å². The number of aromatic nitrogens is 1. The number of unbranched alkanes of at least 4 members (excludes halogenated alkanes) is 2. The summed E-state index contributed by atoms with van der Waals surface area (Å²) in [6.45, 7) is 16.3. The first-order valence-electron chi connectivity index (χ1n) is 19.4. The van der Waals surface area contributed by atoms with E-state index in [4.69, 9.17) is 0 Å². The van der Waals surface area contributed by atoms with Crippen LogP contribution in [0, 0.1) is 6.92 Å². The molecule has 0 saturated carbocycles. The molecule has 1 N–H and O–H groups in total. The van der Waals surface area contributed by atoms with E-state index in [1.165, 1.54) is 108 Å². The Bertz CT molecular complexity index is 2540. The van der Waals surface area contributed by atoms with Crippen molar-refractivity contribution in [3.63, 3.8) is 0 Å². The molecule has 258 valence electrons. The Labute approximate surface area is 310 Å². The molecule has 0 bridgehead atoms. The second kappa shape index (κ2) is 12.0. The zero-order valence-electron chi connectivity index (χ0n) is 31.9. The average Bonchev–Trinajstić information content (AvgIpc) is 3.60. The fourth-order valence-electron chi connectivity index (χ4n) is 9.26. The second-order valence-corrected chi connectivity index (χ2v) is 17.0. The van der Waals surface area contributed by atoms with Crippen molar-refractivity contribution in [1.29, 1.82) is 0 Å². The number of nitrogens with zero attached hydrogens (tertiary/aromatic N) is 1. The van der Waals surface area contributed by atoms with Crippen molar-refractivity contribution in [1.82, 2.24) is 4.57 Å². The molecule has 1 aliphatic heterocycles. The molecule has 1 aliphatic carbocycles. The molecule has 0 amide bonds. The zero-order valence-corrected chi connectivity index (χ0v) is 31.9. The van der Waals surface area contributed by atoms with Gasteiger partial charge in [-0.15, -0.1) is 0 Å². The van der Waals surface area contributed by atoms with Crippen molar-refractivity contribution in [2.24, 2.45) is 0 Å². The molecule has 0 unspecified atom stereocenters. The number of hydrogen-bond acceptors (Lipinski definition) is 1. The molecule has 52 heavy (non-hydrogen) atoms. The van der Waals surface area contributed by atoms with Gasteiger partial charge >= 0.3 is 0 Å². The first kappa shape index (κ1) is 32.9. The number of hydrogen-bond donors (Lipinski definition) is 1. The van der Waals surface area contributed by atoms with Gasteiger partial charge in [0.25, 0.3) is 0 Å². The fourth-order valence-corrected chi connectivity index (χ4v) is 9.26. The zero-order chi connectivity index (χ0) is 35.9. The Morgan fingerprint density at radius 1 is 0.731 bits per heavy atom. The van der Waals surface area contributed by atoms with Crippen molar-refractivity contribution in [2.45, 2.75) is 85.0 Å². The van der Waals surface area contributed by atoms with Gasteiger partial charge in [0.2, 0.25) is 0 Å². The average molecular weight is 677 g/mol. The first-order valence-corrected chi connectivity index (χ1v) is 19.4. The molecule has 2 heterocycles. The van der Waals surface area contributed by atoms with Crippen LogP contribution in [0.5, 0.6) is 0 Å². The molecule has 6 aromatic carbocycles. The minimum absolute atomic E-state index is 0.0721. The molecule has 0 spiro atoms. The lowest BCUT2D eigenvalue weighted by Gasteiger charge is -2.28. The van der Waals surface area contributed by atoms with E-state index in [-0.39, 0.29) is 10.8 Å². The van der Waals surface area contributed by atoms with Crippen LogP contribution in [-0.2, 0) is 17.3 Å². The van der Waals surface area contributed by atoms with Crippen LogP contribution in [-0.4, -0.2) is 11.8 Å². The molecule has 2 aliphatic rings. The first-order chi connectivity index (χ1) is 25.0. The number of fused-ring (bicyclic) bond motifs is 8. The van der Waals surface area contributed by atoms with Crippen LogP contribution in [0.15, 0.2) is 109 Å². The van der Waals surface area contributed by atoms with E-state index in [1.54, 1.807) is 0 Å². The standard InChI is InChI=1S/C49H49BN2/c1-8-9-10-15-31-20-23-33(24-21-31)51-42-29-36-34-16-11-13-18-39(34)49(6,7)40(36)28-37(42)38-26-30(2)45-35-17-12-14-19-43(35)52-44-25-22-32(48(3,4)5)27-41(44)50-46(38)47(45)52/h11-14,16-29,50-51H,8-10,15H2,1-7H3. The van der Waals surface area contributed by atoms with Crippen LogP contribution in [0.3, 0.4) is 0 Å². The second-order valence-electron chi connectivity index (χ2n) is 17.0. The Kier molecular flexibility index (Phi) is 7.60. The van der Waals surface area contributed by atoms with E-state index in [0.29, 0.717) is 0 Å². The highest BCUT2D eigenvalue weighted by Gasteiger charge is 2.37. The third kappa shape index (κ3) is 5.07. The molecule has 2 nitrogen and oxygen atoms in total. The van der Waals surface area contributed by atoms with E-state index in [2.05, 4.69) is 168 Å². The summed E-state index contributed by atoms with van der Waals surface area (Å²) >= 11 is 0. The monoisotopic (exact) mass is 676 g/mol. The number of nitrogens with one attached hydrogen (secondary N) is 1. The van der Waals surface area contributed by atoms with Gasteiger partial charge in [0.1, 0.15) is 0 Å². The van der Waals surface area contributed by atoms with Crippen molar-refractivity contribution in [2.75, 3.05) is 5.32 Å². The van der Waals surface area contributed by atoms with Crippen molar-refractivity contribution in [3.8, 4) is 27.9 Å². The molecule has 7 aromatic rings. The molecule has 3 heteroatoms. The number of aryl methyl sites for hydroxylation is 2. The Balaban J connectivity index is 1.29. The molecule has 0 saturated heterocycles. The lowest BCUT2D eigenvalue weighted by Crippen LogP contribution is -2.38. The fraction of sp³-hybridized carbons (Fsp3) is 0.265. The van der Waals surface area contributed by atoms with Gasteiger partial charge < -0.3 is 9.88 Å². The molecular formula is C49H49BN2. The van der Waals surface area contributed by atoms with Crippen LogP contribution in [0.1, 0.15) is 88.6 Å². The summed E-state index contributed by atoms with van der Waals surface area (Å²) in [6, 6.07) is 41.8. The van der Waals surface area contributed by atoms with Crippen molar-refractivity contribution < 1.29 is 0 Å². The largest absolute Gasteiger partial charge is 0.355 e. The molecule has 0 atom stereocenters. The van der Waals surface area contributed by atoms with Crippen LogP contribution >= 0.6 is 0 Å². The summed E-state index contributed by atoms with van der Waals surface area (Å²) in [5, 5.41) is 6.68. The minimum atomic E-state index is -0.0984. The third-order valence-corrected chi connectivity index (χ3v) is 12.1. The van der Waals surface area contributed by atoms with Crippen LogP contribution < -0.4 is 16.2 Å². The van der Waals surface area contributed by atoms with Gasteiger partial charge in [0.05, 0.1) is 5.52 Å². The highest BCUT2D eigenvalue weighted by Crippen LogP contribution is 2.52. The topological polar surface area (TPSA) is 17.0 Å². The van der Waals surface area contributed by atoms with E-state index in [9.17, 15) is 0 Å². The third-order valence-electron chi connectivity index (χ3n) is 12.1. The molecule has 9 rings (SSSR count). The SMILES string of the molecule is CCCCCc1ccc(Nc2cc3c(cc2-c2cc(C)c4c5ccccc5n5c4c2Bc2cc(C(C)(C)C)ccc2-5)C(C)(C)c2ccccc2-3)cc1. The van der Waals surface area contributed by atoms with Crippen LogP contribution in [0.4, 0.5) is 11.4 Å². The maximum absolute atomic E-state index is 3.97. The summed E-state index contributed by atoms with van der Waals surface area (Å²) in [6.07, 6.45) is 4.91. The maximum Gasteiger partial charge on any atom is 0.198 e. The van der Waals surface area contributed by atoms with E-state index in [0.717, 1.165) is 25.1 Å². The summed E-state index contributed by atoms with van der Waals surface area (Å²) in [5.74, 6) is 0. The molecular weight excluding hydrogens is 627 g/mol. The Morgan fingerprint density at radius 2 is 1.50 bits per heavy atom. The van der Waals surface area contributed by atoms with Gasteiger partial charge in [-0.2, -0.15) is 0 Å². The van der Waals surface area contributed by atoms with Gasteiger partial charge in [0.15, 0.2) is 7.28 Å². The van der Waals surface area contributed by atoms with Gasteiger partial charge in [-0.3, -0.25) is 0 Å². The highest BCUT2D eigenvalue weighted by molar-refractivity contribution is 6.73. The summed E-state index contributed by atoms with van der Waals surface area (Å²) in [5.41, 5.74) is 21.2. The summed E-state index contributed by atoms with van der Waals surface area (Å²) in [7, 11) is 0.897. The van der Waals surface area contributed by atoms with Gasteiger partial charge in [-0.25, -0.2) is 0 Å². The maximum atomic E-state index is 3.97. The van der Waals surface area contributed by atoms with E-state index >= 15 is 0 Å². The lowest BCUT2D eigenvalue weighted by molar-refractivity contribution is 0.590. The van der Waals surface area contributed by atoms with Crippen LogP contribution in [0.2, 0.25) is 0 Å². The predicted octanol–water partition coefficient (Wildman–Crippen LogP) is 11.5. The molecule has 0 fully saturated rings. The van der Waals surface area contributed by atoms with Crippen LogP contribution in [0.25, 0.3) is 49.7 Å². The Hall–Kier alpha value is -5.02. The van der Waals surface area contributed by atoms with Gasteiger partial charge in [-0.1, -0.05) is 133 Å². The lowest BCUT2D eigenvalue weighted by atomic mass is 9.58. The molecule has 0 radical (unpaired) electrons. The normalized spacial score (nSPS) is 13.9. The smallest absolute Gasteiger partial charge is 0.198 e.